The average molecular weight is 343 g/mol. The van der Waals surface area contributed by atoms with Crippen LogP contribution in [0.15, 0.2) is 29.2 Å². The summed E-state index contributed by atoms with van der Waals surface area (Å²) in [4.78, 5) is 13.0. The molecule has 0 spiro atoms. The van der Waals surface area contributed by atoms with Crippen LogP contribution >= 0.6 is 23.4 Å². The number of nitrogens with one attached hydrogen (secondary N) is 1. The topological polar surface area (TPSA) is 41.6 Å². The number of amides is 1. The number of benzene rings is 1. The largest absolute Gasteiger partial charge is 0.443 e. The number of hydrogen-bond donors (Lipinski definition) is 1. The van der Waals surface area contributed by atoms with E-state index in [-0.39, 0.29) is 6.09 Å². The highest BCUT2D eigenvalue weighted by atomic mass is 35.5. The van der Waals surface area contributed by atoms with Gasteiger partial charge in [0.15, 0.2) is 0 Å². The fourth-order valence-electron chi connectivity index (χ4n) is 2.22. The zero-order chi connectivity index (χ0) is 16.2. The SMILES string of the molecule is CC(C)(C)OC(=O)NN1CCC(Sc2ccc(Cl)cc2)CC1. The predicted octanol–water partition coefficient (Wildman–Crippen LogP) is 4.34. The van der Waals surface area contributed by atoms with E-state index in [0.29, 0.717) is 5.25 Å². The number of hydrogen-bond acceptors (Lipinski definition) is 4. The molecule has 6 heteroatoms. The summed E-state index contributed by atoms with van der Waals surface area (Å²) < 4.78 is 5.26. The van der Waals surface area contributed by atoms with Gasteiger partial charge in [0.2, 0.25) is 0 Å². The monoisotopic (exact) mass is 342 g/mol. The lowest BCUT2D eigenvalue weighted by atomic mass is 10.1. The molecule has 1 amide bonds. The Morgan fingerprint density at radius 2 is 1.86 bits per heavy atom. The lowest BCUT2D eigenvalue weighted by Crippen LogP contribution is -2.48. The van der Waals surface area contributed by atoms with Gasteiger partial charge in [-0.05, 0) is 57.9 Å². The van der Waals surface area contributed by atoms with Crippen LogP contribution in [0.5, 0.6) is 0 Å². The van der Waals surface area contributed by atoms with Crippen LogP contribution in [0.3, 0.4) is 0 Å². The number of halogens is 1. The first-order chi connectivity index (χ1) is 10.3. The van der Waals surface area contributed by atoms with Crippen molar-refractivity contribution < 1.29 is 9.53 Å². The maximum absolute atomic E-state index is 11.7. The van der Waals surface area contributed by atoms with Crippen LogP contribution in [-0.2, 0) is 4.74 Å². The van der Waals surface area contributed by atoms with E-state index in [2.05, 4.69) is 17.6 Å². The van der Waals surface area contributed by atoms with Crippen LogP contribution in [0, 0.1) is 0 Å². The number of nitrogens with zero attached hydrogens (tertiary/aromatic N) is 1. The van der Waals surface area contributed by atoms with Gasteiger partial charge in [-0.15, -0.1) is 11.8 Å². The van der Waals surface area contributed by atoms with Gasteiger partial charge < -0.3 is 4.74 Å². The second-order valence-corrected chi connectivity index (χ2v) is 8.18. The summed E-state index contributed by atoms with van der Waals surface area (Å²) in [6, 6.07) is 7.95. The maximum atomic E-state index is 11.7. The molecule has 0 bridgehead atoms. The number of rotatable bonds is 3. The lowest BCUT2D eigenvalue weighted by Gasteiger charge is -2.32. The van der Waals surface area contributed by atoms with Crippen LogP contribution in [0.1, 0.15) is 33.6 Å². The minimum absolute atomic E-state index is 0.378. The van der Waals surface area contributed by atoms with Crippen molar-refractivity contribution in [3.8, 4) is 0 Å². The highest BCUT2D eigenvalue weighted by Crippen LogP contribution is 2.30. The standard InChI is InChI=1S/C16H23ClN2O2S/c1-16(2,3)21-15(20)18-19-10-8-14(9-11-19)22-13-6-4-12(17)5-7-13/h4-7,14H,8-11H2,1-3H3,(H,18,20). The van der Waals surface area contributed by atoms with Crippen molar-refractivity contribution in [3.63, 3.8) is 0 Å². The molecule has 1 N–H and O–H groups in total. The van der Waals surface area contributed by atoms with Crippen molar-refractivity contribution in [1.82, 2.24) is 10.4 Å². The molecular formula is C16H23ClN2O2S. The Bertz CT molecular complexity index is 494. The smallest absolute Gasteiger partial charge is 0.422 e. The molecule has 0 radical (unpaired) electrons. The fraction of sp³-hybridized carbons (Fsp3) is 0.562. The summed E-state index contributed by atoms with van der Waals surface area (Å²) in [7, 11) is 0. The van der Waals surface area contributed by atoms with E-state index in [1.165, 1.54) is 4.90 Å². The molecule has 1 aromatic rings. The van der Waals surface area contributed by atoms with E-state index in [4.69, 9.17) is 16.3 Å². The first-order valence-electron chi connectivity index (χ1n) is 7.49. The van der Waals surface area contributed by atoms with Crippen LogP contribution in [-0.4, -0.2) is 35.0 Å². The van der Waals surface area contributed by atoms with Gasteiger partial charge in [0.25, 0.3) is 0 Å². The lowest BCUT2D eigenvalue weighted by molar-refractivity contribution is 0.0301. The van der Waals surface area contributed by atoms with Gasteiger partial charge in [-0.1, -0.05) is 11.6 Å². The Kier molecular flexibility index (Phi) is 6.01. The quantitative estimate of drug-likeness (QED) is 0.887. The van der Waals surface area contributed by atoms with Crippen molar-refractivity contribution in [2.45, 2.75) is 49.4 Å². The number of thioether (sulfide) groups is 1. The minimum atomic E-state index is -0.465. The molecule has 1 heterocycles. The van der Waals surface area contributed by atoms with Crippen molar-refractivity contribution in [1.29, 1.82) is 0 Å². The van der Waals surface area contributed by atoms with E-state index in [1.807, 2.05) is 49.7 Å². The molecule has 1 aliphatic rings. The van der Waals surface area contributed by atoms with Crippen LogP contribution in [0.2, 0.25) is 5.02 Å². The normalized spacial score (nSPS) is 17.3. The van der Waals surface area contributed by atoms with E-state index < -0.39 is 5.60 Å². The number of carbonyl (C=O) groups is 1. The Morgan fingerprint density at radius 3 is 2.41 bits per heavy atom. The molecule has 1 aliphatic heterocycles. The fourth-order valence-corrected chi connectivity index (χ4v) is 3.47. The molecule has 0 atom stereocenters. The molecule has 1 saturated heterocycles. The molecule has 0 aliphatic carbocycles. The molecular weight excluding hydrogens is 320 g/mol. The second kappa shape index (κ2) is 7.57. The van der Waals surface area contributed by atoms with Crippen LogP contribution in [0.4, 0.5) is 4.79 Å². The third-order valence-electron chi connectivity index (χ3n) is 3.21. The molecule has 0 unspecified atom stereocenters. The van der Waals surface area contributed by atoms with Gasteiger partial charge in [0.05, 0.1) is 0 Å². The van der Waals surface area contributed by atoms with E-state index in [9.17, 15) is 4.79 Å². The Labute approximate surface area is 141 Å². The van der Waals surface area contributed by atoms with E-state index in [1.54, 1.807) is 0 Å². The highest BCUT2D eigenvalue weighted by molar-refractivity contribution is 8.00. The van der Waals surface area contributed by atoms with Gasteiger partial charge in [0, 0.05) is 28.3 Å². The maximum Gasteiger partial charge on any atom is 0.422 e. The number of ether oxygens (including phenoxy) is 1. The summed E-state index contributed by atoms with van der Waals surface area (Å²) in [6.45, 7) is 7.26. The summed E-state index contributed by atoms with van der Waals surface area (Å²) in [5.41, 5.74) is 2.35. The number of carbonyl (C=O) groups excluding carboxylic acids is 1. The van der Waals surface area contributed by atoms with Crippen molar-refractivity contribution >= 4 is 29.5 Å². The zero-order valence-electron chi connectivity index (χ0n) is 13.3. The third-order valence-corrected chi connectivity index (χ3v) is 4.81. The first-order valence-corrected chi connectivity index (χ1v) is 8.74. The molecule has 2 rings (SSSR count). The van der Waals surface area contributed by atoms with Gasteiger partial charge in [-0.25, -0.2) is 9.80 Å². The van der Waals surface area contributed by atoms with Crippen LogP contribution in [0.25, 0.3) is 0 Å². The first kappa shape index (κ1) is 17.4. The summed E-state index contributed by atoms with van der Waals surface area (Å²) in [6.07, 6.45) is 1.68. The zero-order valence-corrected chi connectivity index (χ0v) is 14.8. The Hall–Kier alpha value is -0.910. The van der Waals surface area contributed by atoms with Gasteiger partial charge >= 0.3 is 6.09 Å². The average Bonchev–Trinajstić information content (AvgIpc) is 2.41. The van der Waals surface area contributed by atoms with Crippen LogP contribution < -0.4 is 5.43 Å². The summed E-state index contributed by atoms with van der Waals surface area (Å²) in [5, 5.41) is 3.27. The molecule has 0 aromatic heterocycles. The summed E-state index contributed by atoms with van der Waals surface area (Å²) in [5.74, 6) is 0. The molecule has 1 aromatic carbocycles. The van der Waals surface area contributed by atoms with E-state index >= 15 is 0 Å². The van der Waals surface area contributed by atoms with Crippen molar-refractivity contribution in [3.05, 3.63) is 29.3 Å². The summed E-state index contributed by atoms with van der Waals surface area (Å²) >= 11 is 7.77. The molecule has 22 heavy (non-hydrogen) atoms. The number of hydrazine groups is 1. The number of piperidine rings is 1. The van der Waals surface area contributed by atoms with Crippen molar-refractivity contribution in [2.24, 2.45) is 0 Å². The Morgan fingerprint density at radius 1 is 1.27 bits per heavy atom. The minimum Gasteiger partial charge on any atom is -0.443 e. The van der Waals surface area contributed by atoms with Crippen molar-refractivity contribution in [2.75, 3.05) is 13.1 Å². The van der Waals surface area contributed by atoms with E-state index in [0.717, 1.165) is 31.0 Å². The highest BCUT2D eigenvalue weighted by Gasteiger charge is 2.23. The van der Waals surface area contributed by atoms with Gasteiger partial charge in [-0.3, -0.25) is 5.43 Å². The molecule has 0 saturated carbocycles. The predicted molar refractivity (Wildman–Crippen MR) is 91.3 cm³/mol. The molecule has 122 valence electrons. The molecule has 1 fully saturated rings. The molecule has 4 nitrogen and oxygen atoms in total. The van der Waals surface area contributed by atoms with Gasteiger partial charge in [0.1, 0.15) is 5.60 Å². The Balaban J connectivity index is 1.73. The third kappa shape index (κ3) is 6.07. The van der Waals surface area contributed by atoms with Gasteiger partial charge in [-0.2, -0.15) is 0 Å². The second-order valence-electron chi connectivity index (χ2n) is 6.37.